The van der Waals surface area contributed by atoms with Crippen LogP contribution in [0, 0.1) is 29.4 Å². The molecule has 6 rings (SSSR count). The predicted molar refractivity (Wildman–Crippen MR) is 137 cm³/mol. The maximum atomic E-state index is 15.1. The number of hydrogen-bond donors (Lipinski definition) is 1. The van der Waals surface area contributed by atoms with Crippen LogP contribution in [0.4, 0.5) is 30.7 Å². The Labute approximate surface area is 244 Å². The van der Waals surface area contributed by atoms with Gasteiger partial charge in [0, 0.05) is 16.1 Å². The van der Waals surface area contributed by atoms with E-state index in [1.807, 2.05) is 0 Å². The Morgan fingerprint density at radius 2 is 1.90 bits per heavy atom. The Kier molecular flexibility index (Phi) is 6.80. The predicted octanol–water partition coefficient (Wildman–Crippen LogP) is 6.12. The molecule has 3 atom stereocenters. The summed E-state index contributed by atoms with van der Waals surface area (Å²) in [7, 11) is 0. The van der Waals surface area contributed by atoms with Gasteiger partial charge in [0.15, 0.2) is 5.69 Å². The van der Waals surface area contributed by atoms with Gasteiger partial charge < -0.3 is 9.73 Å². The molecule has 3 heterocycles. The number of amides is 1. The van der Waals surface area contributed by atoms with E-state index in [1.54, 1.807) is 12.3 Å². The topological polar surface area (TPSA) is 85.8 Å². The van der Waals surface area contributed by atoms with E-state index in [9.17, 15) is 26.7 Å². The molecular weight excluding hydrogens is 659 g/mol. The van der Waals surface area contributed by atoms with E-state index in [2.05, 4.69) is 48.2 Å². The molecule has 0 saturated carbocycles. The summed E-state index contributed by atoms with van der Waals surface area (Å²) in [5.74, 6) is -4.99. The van der Waals surface area contributed by atoms with Gasteiger partial charge in [-0.3, -0.25) is 9.48 Å². The molecule has 4 aromatic rings. The third-order valence-corrected chi connectivity index (χ3v) is 8.00. The van der Waals surface area contributed by atoms with Gasteiger partial charge in [-0.2, -0.15) is 27.1 Å². The van der Waals surface area contributed by atoms with Crippen LogP contribution < -0.4 is 5.32 Å². The lowest BCUT2D eigenvalue weighted by atomic mass is 9.84. The maximum absolute atomic E-state index is 15.1. The normalized spacial score (nSPS) is 19.1. The summed E-state index contributed by atoms with van der Waals surface area (Å²) in [6.45, 7) is -1.01. The molecule has 2 aliphatic rings. The van der Waals surface area contributed by atoms with Gasteiger partial charge in [-0.15, -0.1) is 0 Å². The lowest BCUT2D eigenvalue weighted by molar-refractivity contribution is -0.142. The Morgan fingerprint density at radius 3 is 2.52 bits per heavy atom. The summed E-state index contributed by atoms with van der Waals surface area (Å²) in [4.78, 5) is 21.9. The molecule has 0 saturated heterocycles. The summed E-state index contributed by atoms with van der Waals surface area (Å²) in [5.41, 5.74) is -2.62. The number of carbonyl (C=O) groups is 1. The number of benzene rings is 1. The second-order valence-electron chi connectivity index (χ2n) is 9.60. The zero-order valence-electron chi connectivity index (χ0n) is 21.0. The number of nitrogens with zero attached hydrogens (tertiary/aromatic N) is 4. The first-order valence-electron chi connectivity index (χ1n) is 12.1. The molecular formula is C26H15BrF7N5O2S. The standard InChI is InChI=1S/C26H15BrF7N5O2S/c1-42-24-36-17-8-15(27)20(37-23(17)41-24)16(6-10-4-11(28)7-12(29)5-10)35-18(40)9-39-22-19(21(38-39)26(32,33)34)13-2-3-14(13)25(22,30)31/h4-5,7-8,13-14,16H,6,9H2,1H3,(H,35,40)/t13-,14+,16-/m0/s1. The lowest BCUT2D eigenvalue weighted by Crippen LogP contribution is -2.35. The summed E-state index contributed by atoms with van der Waals surface area (Å²) in [6, 6.07) is 3.11. The summed E-state index contributed by atoms with van der Waals surface area (Å²) in [6.07, 6.45) is -3.57. The van der Waals surface area contributed by atoms with Gasteiger partial charge in [0.1, 0.15) is 35.3 Å². The highest BCUT2D eigenvalue weighted by Crippen LogP contribution is 2.58. The number of thioether (sulfide) groups is 1. The Morgan fingerprint density at radius 1 is 1.19 bits per heavy atom. The zero-order valence-corrected chi connectivity index (χ0v) is 23.4. The van der Waals surface area contributed by atoms with Crippen molar-refractivity contribution in [3.8, 4) is 11.8 Å². The van der Waals surface area contributed by atoms with Crippen LogP contribution in [-0.2, 0) is 29.9 Å². The molecule has 3 aromatic heterocycles. The highest BCUT2D eigenvalue weighted by molar-refractivity contribution is 9.10. The van der Waals surface area contributed by atoms with Crippen LogP contribution in [0.5, 0.6) is 0 Å². The number of hydrogen-bond acceptors (Lipinski definition) is 6. The Hall–Kier alpha value is -3.58. The van der Waals surface area contributed by atoms with Crippen LogP contribution in [0.25, 0.3) is 11.2 Å². The number of pyridine rings is 1. The van der Waals surface area contributed by atoms with Crippen LogP contribution in [0.15, 0.2) is 38.4 Å². The number of halogens is 8. The van der Waals surface area contributed by atoms with E-state index in [-0.39, 0.29) is 23.4 Å². The van der Waals surface area contributed by atoms with Crippen LogP contribution in [0.2, 0.25) is 0 Å². The van der Waals surface area contributed by atoms with Gasteiger partial charge in [-0.05, 0) is 52.4 Å². The van der Waals surface area contributed by atoms with Crippen LogP contribution in [0.3, 0.4) is 0 Å². The number of carbonyl (C=O) groups excluding carboxylic acids is 1. The molecule has 16 heteroatoms. The van der Waals surface area contributed by atoms with Gasteiger partial charge in [0.2, 0.25) is 11.6 Å². The summed E-state index contributed by atoms with van der Waals surface area (Å²) >= 11 is 4.55. The van der Waals surface area contributed by atoms with Crippen molar-refractivity contribution in [2.75, 3.05) is 6.26 Å². The zero-order chi connectivity index (χ0) is 30.1. The molecule has 0 radical (unpaired) electrons. The van der Waals surface area contributed by atoms with Crippen molar-refractivity contribution >= 4 is 44.8 Å². The van der Waals surface area contributed by atoms with Crippen molar-refractivity contribution in [2.45, 2.75) is 42.2 Å². The minimum atomic E-state index is -5.06. The summed E-state index contributed by atoms with van der Waals surface area (Å²) in [5, 5.41) is 6.18. The van der Waals surface area contributed by atoms with E-state index in [0.717, 1.165) is 12.1 Å². The first-order valence-corrected chi connectivity index (χ1v) is 14.1. The van der Waals surface area contributed by atoms with Crippen LogP contribution in [0.1, 0.15) is 40.2 Å². The van der Waals surface area contributed by atoms with Crippen LogP contribution >= 0.6 is 27.7 Å². The Balaban J connectivity index is 1.36. The highest BCUT2D eigenvalue weighted by Gasteiger charge is 2.62. The lowest BCUT2D eigenvalue weighted by Gasteiger charge is -2.24. The van der Waals surface area contributed by atoms with E-state index < -0.39 is 71.0 Å². The van der Waals surface area contributed by atoms with E-state index in [4.69, 9.17) is 4.42 Å². The van der Waals surface area contributed by atoms with Crippen molar-refractivity contribution in [2.24, 2.45) is 5.92 Å². The quantitative estimate of drug-likeness (QED) is 0.145. The van der Waals surface area contributed by atoms with Gasteiger partial charge in [-0.25, -0.2) is 18.7 Å². The highest BCUT2D eigenvalue weighted by atomic mass is 79.9. The van der Waals surface area contributed by atoms with E-state index >= 15 is 8.78 Å². The number of fused-ring (bicyclic) bond motifs is 4. The number of rotatable bonds is 7. The fourth-order valence-electron chi connectivity index (χ4n) is 5.10. The van der Waals surface area contributed by atoms with Crippen LogP contribution in [-0.4, -0.2) is 31.9 Å². The molecule has 1 N–H and O–H groups in total. The van der Waals surface area contributed by atoms with Crippen molar-refractivity contribution < 1.29 is 39.9 Å². The first kappa shape index (κ1) is 28.5. The SMILES string of the molecule is CSc1nc2cc(Br)c([C@H](Cc3cc(F)cc(F)c3)NC(=O)Cn3nc(C(F)(F)F)c4c3C(F)(F)[C@@H]3C#C[C@H]43)nc2o1. The molecule has 0 fully saturated rings. The molecule has 0 unspecified atom stereocenters. The average Bonchev–Trinajstić information content (AvgIpc) is 3.46. The number of nitrogens with one attached hydrogen (secondary N) is 1. The minimum absolute atomic E-state index is 0.0806. The molecule has 0 bridgehead atoms. The maximum Gasteiger partial charge on any atom is 0.435 e. The summed E-state index contributed by atoms with van der Waals surface area (Å²) < 4.78 is 106. The molecule has 1 aromatic carbocycles. The van der Waals surface area contributed by atoms with Crippen molar-refractivity contribution in [3.05, 3.63) is 68.6 Å². The largest absolute Gasteiger partial charge is 0.435 e. The van der Waals surface area contributed by atoms with Crippen molar-refractivity contribution in [1.29, 1.82) is 0 Å². The van der Waals surface area contributed by atoms with Crippen molar-refractivity contribution in [3.63, 3.8) is 0 Å². The van der Waals surface area contributed by atoms with Gasteiger partial charge in [0.25, 0.3) is 5.22 Å². The minimum Gasteiger partial charge on any atom is -0.412 e. The number of alkyl halides is 5. The van der Waals surface area contributed by atoms with Gasteiger partial charge >= 0.3 is 12.1 Å². The molecule has 0 spiro atoms. The molecule has 218 valence electrons. The smallest absolute Gasteiger partial charge is 0.412 e. The average molecular weight is 674 g/mol. The fraction of sp³-hybridized carbons (Fsp3) is 0.308. The second kappa shape index (κ2) is 10.0. The Bertz CT molecular complexity index is 1810. The second-order valence-corrected chi connectivity index (χ2v) is 11.2. The molecule has 0 aliphatic heterocycles. The number of aromatic nitrogens is 4. The number of oxazole rings is 1. The van der Waals surface area contributed by atoms with Crippen molar-refractivity contribution in [1.82, 2.24) is 25.1 Å². The third kappa shape index (κ3) is 4.81. The fourth-order valence-corrected chi connectivity index (χ4v) is 6.04. The third-order valence-electron chi connectivity index (χ3n) is 6.84. The van der Waals surface area contributed by atoms with E-state index in [0.29, 0.717) is 26.0 Å². The molecule has 42 heavy (non-hydrogen) atoms. The molecule has 2 aliphatic carbocycles. The first-order chi connectivity index (χ1) is 19.8. The monoisotopic (exact) mass is 673 g/mol. The van der Waals surface area contributed by atoms with E-state index in [1.165, 1.54) is 11.8 Å². The molecule has 1 amide bonds. The van der Waals surface area contributed by atoms with Gasteiger partial charge in [0.05, 0.1) is 17.7 Å². The van der Waals surface area contributed by atoms with Gasteiger partial charge in [-0.1, -0.05) is 23.6 Å². The molecule has 7 nitrogen and oxygen atoms in total.